The Kier molecular flexibility index (Phi) is 6.57. The lowest BCUT2D eigenvalue weighted by Gasteiger charge is -2.23. The molecule has 2 aromatic carbocycles. The third-order valence-electron chi connectivity index (χ3n) is 5.75. The monoisotopic (exact) mass is 434 g/mol. The Hall–Kier alpha value is -3.03. The van der Waals surface area contributed by atoms with E-state index in [-0.39, 0.29) is 24.9 Å². The molecule has 3 rings (SSSR count). The van der Waals surface area contributed by atoms with Gasteiger partial charge in [-0.25, -0.2) is 0 Å². The molecule has 5 nitrogen and oxygen atoms in total. The molecule has 0 radical (unpaired) electrons. The lowest BCUT2D eigenvalue weighted by atomic mass is 9.87. The molecule has 2 atom stereocenters. The number of likely N-dealkylation sites (tertiary alicyclic amines) is 1. The number of benzene rings is 2. The molecule has 0 N–H and O–H groups in total. The average molecular weight is 434 g/mol. The number of hydrogen-bond donors (Lipinski definition) is 0. The Labute approximate surface area is 179 Å². The Morgan fingerprint density at radius 3 is 2.39 bits per heavy atom. The van der Waals surface area contributed by atoms with Gasteiger partial charge in [-0.3, -0.25) is 9.59 Å². The molecular formula is C23H25F3N2O3. The zero-order chi connectivity index (χ0) is 22.8. The number of rotatable bonds is 5. The molecule has 0 saturated carbocycles. The summed E-state index contributed by atoms with van der Waals surface area (Å²) < 4.78 is 44.8. The lowest BCUT2D eigenvalue weighted by Crippen LogP contribution is -2.36. The van der Waals surface area contributed by atoms with Gasteiger partial charge in [0.05, 0.1) is 18.6 Å². The molecule has 0 aromatic heterocycles. The van der Waals surface area contributed by atoms with Gasteiger partial charge in [0.2, 0.25) is 5.91 Å². The SMILES string of the molecule is CCN(C)C(=O)[C@H]1CN(C(=O)c2ccc(OC)cc2)C[C@@H]1c1cccc(C(F)(F)F)c1. The minimum Gasteiger partial charge on any atom is -0.497 e. The number of amides is 2. The van der Waals surface area contributed by atoms with Crippen molar-refractivity contribution >= 4 is 11.8 Å². The summed E-state index contributed by atoms with van der Waals surface area (Å²) in [6, 6.07) is 11.6. The molecule has 0 unspecified atom stereocenters. The second-order valence-corrected chi connectivity index (χ2v) is 7.63. The predicted molar refractivity (Wildman–Crippen MR) is 110 cm³/mol. The Morgan fingerprint density at radius 1 is 1.13 bits per heavy atom. The molecule has 0 aliphatic carbocycles. The Bertz CT molecular complexity index is 944. The maximum Gasteiger partial charge on any atom is 0.416 e. The Balaban J connectivity index is 1.92. The van der Waals surface area contributed by atoms with Crippen LogP contribution in [0.3, 0.4) is 0 Å². The van der Waals surface area contributed by atoms with Gasteiger partial charge in [-0.15, -0.1) is 0 Å². The van der Waals surface area contributed by atoms with Gasteiger partial charge in [0.15, 0.2) is 0 Å². The van der Waals surface area contributed by atoms with Crippen LogP contribution in [0.4, 0.5) is 13.2 Å². The van der Waals surface area contributed by atoms with Crippen molar-refractivity contribution in [3.63, 3.8) is 0 Å². The van der Waals surface area contributed by atoms with Crippen molar-refractivity contribution in [3.8, 4) is 5.75 Å². The molecule has 0 bridgehead atoms. The number of ether oxygens (including phenoxy) is 1. The van der Waals surface area contributed by atoms with Crippen LogP contribution in [0.25, 0.3) is 0 Å². The van der Waals surface area contributed by atoms with Crippen molar-refractivity contribution in [2.45, 2.75) is 19.0 Å². The van der Waals surface area contributed by atoms with Crippen molar-refractivity contribution in [3.05, 3.63) is 65.2 Å². The first-order valence-electron chi connectivity index (χ1n) is 10.0. The lowest BCUT2D eigenvalue weighted by molar-refractivity contribution is -0.137. The minimum absolute atomic E-state index is 0.148. The van der Waals surface area contributed by atoms with Gasteiger partial charge in [0, 0.05) is 38.2 Å². The largest absolute Gasteiger partial charge is 0.497 e. The topological polar surface area (TPSA) is 49.9 Å². The van der Waals surface area contributed by atoms with Crippen LogP contribution in [-0.4, -0.2) is 55.4 Å². The maximum atomic E-state index is 13.2. The molecule has 0 spiro atoms. The Morgan fingerprint density at radius 2 is 1.81 bits per heavy atom. The van der Waals surface area contributed by atoms with Crippen LogP contribution in [-0.2, 0) is 11.0 Å². The molecule has 2 aromatic rings. The van der Waals surface area contributed by atoms with Gasteiger partial charge in [0.1, 0.15) is 5.75 Å². The van der Waals surface area contributed by atoms with Crippen molar-refractivity contribution < 1.29 is 27.5 Å². The molecule has 1 aliphatic rings. The number of halogens is 3. The van der Waals surface area contributed by atoms with Gasteiger partial charge < -0.3 is 14.5 Å². The second kappa shape index (κ2) is 8.99. The van der Waals surface area contributed by atoms with Gasteiger partial charge >= 0.3 is 6.18 Å². The zero-order valence-corrected chi connectivity index (χ0v) is 17.6. The van der Waals surface area contributed by atoms with Gasteiger partial charge in [-0.1, -0.05) is 18.2 Å². The van der Waals surface area contributed by atoms with Crippen LogP contribution in [0.1, 0.15) is 34.3 Å². The number of nitrogens with zero attached hydrogens (tertiary/aromatic N) is 2. The number of methoxy groups -OCH3 is 1. The van der Waals surface area contributed by atoms with Crippen molar-refractivity contribution in [2.24, 2.45) is 5.92 Å². The fourth-order valence-corrected chi connectivity index (χ4v) is 3.86. The van der Waals surface area contributed by atoms with E-state index < -0.39 is 23.6 Å². The molecule has 166 valence electrons. The molecule has 31 heavy (non-hydrogen) atoms. The summed E-state index contributed by atoms with van der Waals surface area (Å²) in [4.78, 5) is 29.1. The van der Waals surface area contributed by atoms with Crippen LogP contribution < -0.4 is 4.74 Å². The zero-order valence-electron chi connectivity index (χ0n) is 17.6. The van der Waals surface area contributed by atoms with E-state index >= 15 is 0 Å². The third-order valence-corrected chi connectivity index (χ3v) is 5.75. The van der Waals surface area contributed by atoms with Crippen LogP contribution in [0.15, 0.2) is 48.5 Å². The number of hydrogen-bond acceptors (Lipinski definition) is 3. The molecule has 2 amide bonds. The van der Waals surface area contributed by atoms with E-state index in [1.54, 1.807) is 42.3 Å². The first kappa shape index (κ1) is 22.7. The van der Waals surface area contributed by atoms with E-state index in [2.05, 4.69) is 0 Å². The van der Waals surface area contributed by atoms with E-state index in [9.17, 15) is 22.8 Å². The quantitative estimate of drug-likeness (QED) is 0.714. The van der Waals surface area contributed by atoms with E-state index in [1.165, 1.54) is 18.1 Å². The predicted octanol–water partition coefficient (Wildman–Crippen LogP) is 4.05. The van der Waals surface area contributed by atoms with Crippen LogP contribution >= 0.6 is 0 Å². The summed E-state index contributed by atoms with van der Waals surface area (Å²) in [5.74, 6) is -0.983. The van der Waals surface area contributed by atoms with Crippen LogP contribution in [0.5, 0.6) is 5.75 Å². The molecule has 1 aliphatic heterocycles. The number of carbonyl (C=O) groups excluding carboxylic acids is 2. The second-order valence-electron chi connectivity index (χ2n) is 7.63. The van der Waals surface area contributed by atoms with Crippen molar-refractivity contribution in [2.75, 3.05) is 33.8 Å². The van der Waals surface area contributed by atoms with Crippen LogP contribution in [0, 0.1) is 5.92 Å². The average Bonchev–Trinajstić information content (AvgIpc) is 3.22. The highest BCUT2D eigenvalue weighted by Gasteiger charge is 2.42. The van der Waals surface area contributed by atoms with E-state index in [0.717, 1.165) is 12.1 Å². The molecule has 1 fully saturated rings. The van der Waals surface area contributed by atoms with Gasteiger partial charge in [-0.2, -0.15) is 13.2 Å². The fraction of sp³-hybridized carbons (Fsp3) is 0.391. The molecule has 8 heteroatoms. The standard InChI is InChI=1S/C23H25F3N2O3/c1-4-27(2)22(30)20-14-28(21(29)15-8-10-18(31-3)11-9-15)13-19(20)16-6-5-7-17(12-16)23(24,25)26/h5-12,19-20H,4,13-14H2,1-3H3/t19-,20+/m1/s1. The summed E-state index contributed by atoms with van der Waals surface area (Å²) in [6.45, 7) is 2.61. The van der Waals surface area contributed by atoms with Crippen molar-refractivity contribution in [1.29, 1.82) is 0 Å². The van der Waals surface area contributed by atoms with E-state index in [0.29, 0.717) is 23.4 Å². The van der Waals surface area contributed by atoms with Gasteiger partial charge in [0.25, 0.3) is 5.91 Å². The number of alkyl halides is 3. The fourth-order valence-electron chi connectivity index (χ4n) is 3.86. The van der Waals surface area contributed by atoms with E-state index in [4.69, 9.17) is 4.74 Å². The highest BCUT2D eigenvalue weighted by molar-refractivity contribution is 5.95. The first-order chi connectivity index (χ1) is 14.7. The summed E-state index contributed by atoms with van der Waals surface area (Å²) in [7, 11) is 3.18. The van der Waals surface area contributed by atoms with Crippen LogP contribution in [0.2, 0.25) is 0 Å². The maximum absolute atomic E-state index is 13.2. The van der Waals surface area contributed by atoms with E-state index in [1.807, 2.05) is 6.92 Å². The minimum atomic E-state index is -4.48. The van der Waals surface area contributed by atoms with Gasteiger partial charge in [-0.05, 0) is 42.8 Å². The normalized spacial score (nSPS) is 18.7. The highest BCUT2D eigenvalue weighted by Crippen LogP contribution is 2.37. The molecule has 1 heterocycles. The van der Waals surface area contributed by atoms with Crippen molar-refractivity contribution in [1.82, 2.24) is 9.80 Å². The summed E-state index contributed by atoms with van der Waals surface area (Å²) in [6.07, 6.45) is -4.48. The smallest absolute Gasteiger partial charge is 0.416 e. The summed E-state index contributed by atoms with van der Waals surface area (Å²) in [5, 5.41) is 0. The molecular weight excluding hydrogens is 409 g/mol. The third kappa shape index (κ3) is 4.84. The highest BCUT2D eigenvalue weighted by atomic mass is 19.4. The first-order valence-corrected chi connectivity index (χ1v) is 10.0. The molecule has 1 saturated heterocycles. The number of carbonyl (C=O) groups is 2. The summed E-state index contributed by atoms with van der Waals surface area (Å²) in [5.41, 5.74) is 0.0724. The summed E-state index contributed by atoms with van der Waals surface area (Å²) >= 11 is 0.